The predicted molar refractivity (Wildman–Crippen MR) is 234 cm³/mol. The van der Waals surface area contributed by atoms with Crippen molar-refractivity contribution >= 4 is 41.7 Å². The number of morpholine rings is 1. The SMILES string of the molecule is CCC(=O)Oc1ccc(C[N+]2(CC(=O)N[C@@H](CCc3ccccc3)C(=O)N[C@@H](CC(C)C)C(=O)N[C@@H](Cc3ccccc3)C(=O)N[C@@H](C)C(=O)[C@@]3(C)CO3)CCOCC2)cc1C=O. The van der Waals surface area contributed by atoms with Crippen molar-refractivity contribution in [2.45, 2.75) is 103 Å². The molecule has 4 amide bonds. The van der Waals surface area contributed by atoms with Gasteiger partial charge in [-0.1, -0.05) is 81.4 Å². The maximum Gasteiger partial charge on any atom is 0.310 e. The van der Waals surface area contributed by atoms with Crippen molar-refractivity contribution in [3.05, 3.63) is 101 Å². The van der Waals surface area contributed by atoms with Crippen molar-refractivity contribution < 1.29 is 52.3 Å². The van der Waals surface area contributed by atoms with E-state index in [4.69, 9.17) is 14.2 Å². The molecule has 0 unspecified atom stereocenters. The molecule has 3 aromatic carbocycles. The van der Waals surface area contributed by atoms with Crippen molar-refractivity contribution in [3.8, 4) is 5.75 Å². The van der Waals surface area contributed by atoms with Crippen LogP contribution in [0.5, 0.6) is 5.75 Å². The van der Waals surface area contributed by atoms with Crippen molar-refractivity contribution in [1.82, 2.24) is 21.3 Å². The monoisotopic (exact) mass is 868 g/mol. The zero-order chi connectivity index (χ0) is 45.6. The number of carbonyl (C=O) groups excluding carboxylic acids is 7. The fourth-order valence-corrected chi connectivity index (χ4v) is 7.73. The number of benzene rings is 3. The number of Topliss-reactive ketones (excluding diaryl/α,β-unsaturated/α-hetero) is 1. The first-order chi connectivity index (χ1) is 30.1. The molecule has 0 spiro atoms. The summed E-state index contributed by atoms with van der Waals surface area (Å²) in [4.78, 5) is 93.4. The average molecular weight is 869 g/mol. The van der Waals surface area contributed by atoms with E-state index in [1.165, 1.54) is 0 Å². The number of nitrogens with one attached hydrogen (secondary N) is 4. The summed E-state index contributed by atoms with van der Waals surface area (Å²) in [5.41, 5.74) is 1.77. The Labute approximate surface area is 369 Å². The second kappa shape index (κ2) is 22.5. The molecular formula is C48H62N5O10+. The van der Waals surface area contributed by atoms with Crippen LogP contribution in [-0.2, 0) is 57.6 Å². The summed E-state index contributed by atoms with van der Waals surface area (Å²) < 4.78 is 16.6. The number of ether oxygens (including phenoxy) is 3. The Morgan fingerprint density at radius 3 is 1.98 bits per heavy atom. The number of rotatable bonds is 23. The third kappa shape index (κ3) is 14.4. The van der Waals surface area contributed by atoms with Gasteiger partial charge in [-0.05, 0) is 68.4 Å². The Morgan fingerprint density at radius 2 is 1.38 bits per heavy atom. The van der Waals surface area contributed by atoms with E-state index in [2.05, 4.69) is 21.3 Å². The topological polar surface area (TPSA) is 199 Å². The van der Waals surface area contributed by atoms with E-state index in [-0.39, 0.29) is 72.2 Å². The molecule has 0 radical (unpaired) electrons. The lowest BCUT2D eigenvalue weighted by Gasteiger charge is -2.41. The van der Waals surface area contributed by atoms with Gasteiger partial charge in [0.25, 0.3) is 5.91 Å². The second-order valence-electron chi connectivity index (χ2n) is 17.2. The fraction of sp³-hybridized carbons (Fsp3) is 0.479. The molecule has 0 bridgehead atoms. The van der Waals surface area contributed by atoms with Crippen LogP contribution in [0.1, 0.15) is 80.9 Å². The standard InChI is InChI=1S/C48H61N5O10/c1-6-43(56)63-41-20-18-36(26-37(41)30-54)28-53(21-23-61-24-22-53)29-42(55)50-38(19-17-34-13-9-7-10-14-34)45(58)51-39(25-32(2)3)47(60)52-40(27-35-15-11-8-12-16-35)46(59)49-33(4)44(57)48(5)31-62-48/h7-16,18,20,26,30,32-33,38-40H,6,17,19,21-25,27-29,31H2,1-5H3,(H3-,49,50,51,52,55,58,59,60)/p+1/t33-,38-,39-,40-,48+/m0/s1. The molecule has 63 heavy (non-hydrogen) atoms. The van der Waals surface area contributed by atoms with Crippen LogP contribution in [0.15, 0.2) is 78.9 Å². The zero-order valence-electron chi connectivity index (χ0n) is 37.0. The number of ketones is 1. The number of epoxide rings is 1. The highest BCUT2D eigenvalue weighted by atomic mass is 16.6. The Hall–Kier alpha value is -5.77. The van der Waals surface area contributed by atoms with Crippen LogP contribution in [-0.4, -0.2) is 115 Å². The zero-order valence-corrected chi connectivity index (χ0v) is 37.0. The highest BCUT2D eigenvalue weighted by molar-refractivity contribution is 5.98. The number of esters is 1. The van der Waals surface area contributed by atoms with Crippen LogP contribution in [0, 0.1) is 5.92 Å². The van der Waals surface area contributed by atoms with Gasteiger partial charge >= 0.3 is 5.97 Å². The molecule has 0 saturated carbocycles. The first kappa shape index (κ1) is 48.3. The van der Waals surface area contributed by atoms with Crippen LogP contribution in [0.3, 0.4) is 0 Å². The summed E-state index contributed by atoms with van der Waals surface area (Å²) in [6, 6.07) is 19.7. The molecule has 2 aliphatic heterocycles. The summed E-state index contributed by atoms with van der Waals surface area (Å²) in [7, 11) is 0. The van der Waals surface area contributed by atoms with E-state index < -0.39 is 53.5 Å². The molecular weight excluding hydrogens is 807 g/mol. The third-order valence-electron chi connectivity index (χ3n) is 11.5. The number of hydrogen-bond acceptors (Lipinski definition) is 10. The van der Waals surface area contributed by atoms with Crippen molar-refractivity contribution in [3.63, 3.8) is 0 Å². The predicted octanol–water partition coefficient (Wildman–Crippen LogP) is 3.40. The van der Waals surface area contributed by atoms with E-state index in [1.807, 2.05) is 74.5 Å². The molecule has 2 saturated heterocycles. The van der Waals surface area contributed by atoms with Crippen LogP contribution < -0.4 is 26.0 Å². The van der Waals surface area contributed by atoms with E-state index in [9.17, 15) is 33.6 Å². The van der Waals surface area contributed by atoms with Gasteiger partial charge in [0.15, 0.2) is 18.6 Å². The number of amides is 4. The summed E-state index contributed by atoms with van der Waals surface area (Å²) >= 11 is 0. The molecule has 4 N–H and O–H groups in total. The van der Waals surface area contributed by atoms with E-state index in [0.717, 1.165) is 16.7 Å². The Kier molecular flexibility index (Phi) is 17.3. The van der Waals surface area contributed by atoms with Gasteiger partial charge < -0.3 is 40.0 Å². The number of aryl methyl sites for hydroxylation is 1. The lowest BCUT2D eigenvalue weighted by Crippen LogP contribution is -2.61. The largest absolute Gasteiger partial charge is 0.426 e. The van der Waals surface area contributed by atoms with Gasteiger partial charge in [-0.15, -0.1) is 0 Å². The minimum Gasteiger partial charge on any atom is -0.426 e. The third-order valence-corrected chi connectivity index (χ3v) is 11.5. The Bertz CT molecular complexity index is 2070. The van der Waals surface area contributed by atoms with E-state index in [1.54, 1.807) is 39.0 Å². The summed E-state index contributed by atoms with van der Waals surface area (Å²) in [5, 5.41) is 11.5. The highest BCUT2D eigenvalue weighted by Crippen LogP contribution is 2.28. The van der Waals surface area contributed by atoms with Crippen molar-refractivity contribution in [2.24, 2.45) is 5.92 Å². The van der Waals surface area contributed by atoms with Gasteiger partial charge in [0.1, 0.15) is 49.1 Å². The molecule has 0 aliphatic carbocycles. The number of aldehydes is 1. The molecule has 2 fully saturated rings. The maximum atomic E-state index is 14.4. The molecule has 15 heteroatoms. The molecule has 0 aromatic heterocycles. The van der Waals surface area contributed by atoms with Gasteiger partial charge in [0, 0.05) is 18.4 Å². The number of hydrogen-bond donors (Lipinski definition) is 4. The minimum absolute atomic E-state index is 0.000139. The number of quaternary nitrogens is 1. The van der Waals surface area contributed by atoms with E-state index in [0.29, 0.717) is 45.6 Å². The molecule has 5 rings (SSSR count). The molecule has 15 nitrogen and oxygen atoms in total. The normalized spacial score (nSPS) is 18.4. The quantitative estimate of drug-likeness (QED) is 0.0361. The second-order valence-corrected chi connectivity index (χ2v) is 17.2. The smallest absolute Gasteiger partial charge is 0.310 e. The molecule has 5 atom stereocenters. The summed E-state index contributed by atoms with van der Waals surface area (Å²) in [6.45, 7) is 11.2. The molecule has 3 aromatic rings. The first-order valence-electron chi connectivity index (χ1n) is 21.8. The average Bonchev–Trinajstić information content (AvgIpc) is 4.03. The lowest BCUT2D eigenvalue weighted by molar-refractivity contribution is -0.940. The van der Waals surface area contributed by atoms with Crippen molar-refractivity contribution in [2.75, 3.05) is 39.5 Å². The summed E-state index contributed by atoms with van der Waals surface area (Å²) in [5.74, 6) is -2.69. The van der Waals surface area contributed by atoms with Crippen LogP contribution in [0.4, 0.5) is 0 Å². The first-order valence-corrected chi connectivity index (χ1v) is 21.8. The lowest BCUT2D eigenvalue weighted by atomic mass is 9.99. The molecule has 338 valence electrons. The number of nitrogens with zero attached hydrogens (tertiary/aromatic N) is 1. The van der Waals surface area contributed by atoms with Gasteiger partial charge in [-0.2, -0.15) is 0 Å². The summed E-state index contributed by atoms with van der Waals surface area (Å²) in [6.07, 6.45) is 1.84. The van der Waals surface area contributed by atoms with Crippen molar-refractivity contribution in [1.29, 1.82) is 0 Å². The van der Waals surface area contributed by atoms with Crippen LogP contribution in [0.2, 0.25) is 0 Å². The molecule has 2 heterocycles. The minimum atomic E-state index is -1.08. The van der Waals surface area contributed by atoms with Gasteiger partial charge in [0.05, 0.1) is 31.4 Å². The van der Waals surface area contributed by atoms with E-state index >= 15 is 0 Å². The van der Waals surface area contributed by atoms with Gasteiger partial charge in [0.2, 0.25) is 17.7 Å². The fourth-order valence-electron chi connectivity index (χ4n) is 7.73. The number of carbonyl (C=O) groups is 7. The van der Waals surface area contributed by atoms with Gasteiger partial charge in [-0.25, -0.2) is 0 Å². The van der Waals surface area contributed by atoms with Gasteiger partial charge in [-0.3, -0.25) is 33.6 Å². The Morgan fingerprint density at radius 1 is 0.778 bits per heavy atom. The van der Waals surface area contributed by atoms with Crippen LogP contribution >= 0.6 is 0 Å². The van der Waals surface area contributed by atoms with Crippen LogP contribution in [0.25, 0.3) is 0 Å². The highest BCUT2D eigenvalue weighted by Gasteiger charge is 2.49. The molecule has 2 aliphatic rings. The maximum absolute atomic E-state index is 14.4. The Balaban J connectivity index is 1.34.